The van der Waals surface area contributed by atoms with Gasteiger partial charge in [0.1, 0.15) is 17.5 Å². The zero-order valence-electron chi connectivity index (χ0n) is 10.3. The highest BCUT2D eigenvalue weighted by molar-refractivity contribution is 5.62. The first kappa shape index (κ1) is 14.0. The van der Waals surface area contributed by atoms with Crippen molar-refractivity contribution >= 4 is 17.3 Å². The molecule has 0 atom stereocenters. The molecule has 2 aromatic rings. The Morgan fingerprint density at radius 2 is 1.90 bits per heavy atom. The van der Waals surface area contributed by atoms with Gasteiger partial charge in [0, 0.05) is 6.07 Å². The van der Waals surface area contributed by atoms with E-state index in [-0.39, 0.29) is 17.3 Å². The first-order valence-corrected chi connectivity index (χ1v) is 5.51. The van der Waals surface area contributed by atoms with Crippen LogP contribution in [0.15, 0.2) is 24.3 Å². The number of para-hydroxylation sites is 1. The molecule has 0 fully saturated rings. The second-order valence-electron chi connectivity index (χ2n) is 4.06. The summed E-state index contributed by atoms with van der Waals surface area (Å²) in [6, 6.07) is 5.39. The topological polar surface area (TPSA) is 63.8 Å². The van der Waals surface area contributed by atoms with Gasteiger partial charge in [0.2, 0.25) is 5.82 Å². The van der Waals surface area contributed by atoms with E-state index in [0.717, 1.165) is 6.07 Å². The Balaban J connectivity index is 2.42. The van der Waals surface area contributed by atoms with Gasteiger partial charge >= 0.3 is 6.18 Å². The second-order valence-corrected chi connectivity index (χ2v) is 4.06. The molecule has 0 aliphatic heterocycles. The largest absolute Gasteiger partial charge is 0.451 e. The molecule has 0 saturated carbocycles. The number of rotatable bonds is 2. The Hall–Kier alpha value is -2.38. The Kier molecular flexibility index (Phi) is 3.47. The summed E-state index contributed by atoms with van der Waals surface area (Å²) in [6.07, 6.45) is -4.73. The van der Waals surface area contributed by atoms with Gasteiger partial charge in [-0.05, 0) is 18.6 Å². The van der Waals surface area contributed by atoms with E-state index in [1.165, 1.54) is 12.1 Å². The molecule has 3 N–H and O–H groups in total. The van der Waals surface area contributed by atoms with Gasteiger partial charge in [-0.2, -0.15) is 13.2 Å². The highest BCUT2D eigenvalue weighted by Gasteiger charge is 2.35. The van der Waals surface area contributed by atoms with Crippen LogP contribution in [0, 0.1) is 12.7 Å². The number of aromatic nitrogens is 2. The van der Waals surface area contributed by atoms with Gasteiger partial charge in [0.15, 0.2) is 0 Å². The number of hydrogen-bond donors (Lipinski definition) is 2. The van der Waals surface area contributed by atoms with E-state index in [0.29, 0.717) is 5.56 Å². The molecule has 0 aliphatic rings. The lowest BCUT2D eigenvalue weighted by Crippen LogP contribution is -2.14. The molecule has 0 aliphatic carbocycles. The molecule has 106 valence electrons. The Morgan fingerprint density at radius 1 is 1.20 bits per heavy atom. The fourth-order valence-electron chi connectivity index (χ4n) is 1.58. The fraction of sp³-hybridized carbons (Fsp3) is 0.167. The van der Waals surface area contributed by atoms with Crippen LogP contribution in [0.2, 0.25) is 0 Å². The fourth-order valence-corrected chi connectivity index (χ4v) is 1.58. The minimum Gasteiger partial charge on any atom is -0.384 e. The lowest BCUT2D eigenvalue weighted by atomic mass is 10.2. The predicted molar refractivity (Wildman–Crippen MR) is 65.9 cm³/mol. The Bertz CT molecular complexity index is 620. The maximum Gasteiger partial charge on any atom is 0.451 e. The first-order chi connectivity index (χ1) is 9.27. The molecular formula is C12H10F4N4. The summed E-state index contributed by atoms with van der Waals surface area (Å²) in [5, 5.41) is 2.49. The molecular weight excluding hydrogens is 276 g/mol. The van der Waals surface area contributed by atoms with Crippen LogP contribution in [0.3, 0.4) is 0 Å². The van der Waals surface area contributed by atoms with Crippen LogP contribution in [-0.4, -0.2) is 9.97 Å². The van der Waals surface area contributed by atoms with Crippen molar-refractivity contribution in [3.8, 4) is 0 Å². The van der Waals surface area contributed by atoms with E-state index in [1.54, 1.807) is 13.0 Å². The Morgan fingerprint density at radius 3 is 2.50 bits per heavy atom. The second kappa shape index (κ2) is 4.95. The summed E-state index contributed by atoms with van der Waals surface area (Å²) < 4.78 is 51.3. The molecule has 0 unspecified atom stereocenters. The number of benzene rings is 1. The number of nitrogen functional groups attached to an aromatic ring is 1. The summed E-state index contributed by atoms with van der Waals surface area (Å²) in [6.45, 7) is 1.61. The molecule has 1 heterocycles. The average molecular weight is 286 g/mol. The maximum atomic E-state index is 13.6. The molecule has 0 saturated heterocycles. The van der Waals surface area contributed by atoms with Crippen LogP contribution in [0.5, 0.6) is 0 Å². The number of nitrogens with one attached hydrogen (secondary N) is 1. The number of nitrogens with two attached hydrogens (primary N) is 1. The van der Waals surface area contributed by atoms with Crippen molar-refractivity contribution < 1.29 is 17.6 Å². The highest BCUT2D eigenvalue weighted by atomic mass is 19.4. The van der Waals surface area contributed by atoms with E-state index < -0.39 is 17.8 Å². The molecule has 1 aromatic carbocycles. The third kappa shape index (κ3) is 2.95. The summed E-state index contributed by atoms with van der Waals surface area (Å²) in [7, 11) is 0. The molecule has 2 rings (SSSR count). The highest BCUT2D eigenvalue weighted by Crippen LogP contribution is 2.29. The molecule has 8 heteroatoms. The summed E-state index contributed by atoms with van der Waals surface area (Å²) >= 11 is 0. The molecule has 20 heavy (non-hydrogen) atoms. The third-order valence-corrected chi connectivity index (χ3v) is 2.47. The number of halogens is 4. The minimum absolute atomic E-state index is 0.0405. The summed E-state index contributed by atoms with van der Waals surface area (Å²) in [4.78, 5) is 6.39. The summed E-state index contributed by atoms with van der Waals surface area (Å²) in [5.74, 6) is -2.56. The van der Waals surface area contributed by atoms with Crippen molar-refractivity contribution in [2.24, 2.45) is 0 Å². The van der Waals surface area contributed by atoms with Crippen molar-refractivity contribution in [1.82, 2.24) is 9.97 Å². The van der Waals surface area contributed by atoms with Crippen LogP contribution in [0.1, 0.15) is 11.4 Å². The van der Waals surface area contributed by atoms with E-state index in [1.807, 2.05) is 0 Å². The first-order valence-electron chi connectivity index (χ1n) is 5.51. The van der Waals surface area contributed by atoms with Gasteiger partial charge in [-0.15, -0.1) is 0 Å². The minimum atomic E-state index is -4.73. The monoisotopic (exact) mass is 286 g/mol. The van der Waals surface area contributed by atoms with Gasteiger partial charge in [0.05, 0.1) is 5.69 Å². The van der Waals surface area contributed by atoms with Crippen LogP contribution < -0.4 is 11.1 Å². The van der Waals surface area contributed by atoms with Gasteiger partial charge in [-0.25, -0.2) is 14.4 Å². The molecule has 0 spiro atoms. The number of anilines is 3. The molecule has 1 aromatic heterocycles. The van der Waals surface area contributed by atoms with Crippen LogP contribution in [-0.2, 0) is 6.18 Å². The molecule has 0 amide bonds. The number of alkyl halides is 3. The third-order valence-electron chi connectivity index (χ3n) is 2.47. The average Bonchev–Trinajstić information content (AvgIpc) is 2.32. The van der Waals surface area contributed by atoms with E-state index in [4.69, 9.17) is 5.73 Å². The van der Waals surface area contributed by atoms with Crippen molar-refractivity contribution in [2.45, 2.75) is 13.1 Å². The Labute approximate surface area is 111 Å². The molecule has 0 bridgehead atoms. The van der Waals surface area contributed by atoms with Gasteiger partial charge < -0.3 is 11.1 Å². The van der Waals surface area contributed by atoms with Gasteiger partial charge in [-0.3, -0.25) is 0 Å². The normalized spacial score (nSPS) is 11.4. The van der Waals surface area contributed by atoms with Crippen LogP contribution in [0.4, 0.5) is 34.9 Å². The van der Waals surface area contributed by atoms with E-state index in [9.17, 15) is 17.6 Å². The summed E-state index contributed by atoms with van der Waals surface area (Å²) in [5.41, 5.74) is 5.87. The predicted octanol–water partition coefficient (Wildman–Crippen LogP) is 3.27. The lowest BCUT2D eigenvalue weighted by molar-refractivity contribution is -0.144. The van der Waals surface area contributed by atoms with Crippen molar-refractivity contribution in [3.63, 3.8) is 0 Å². The smallest absolute Gasteiger partial charge is 0.384 e. The van der Waals surface area contributed by atoms with E-state index >= 15 is 0 Å². The lowest BCUT2D eigenvalue weighted by Gasteiger charge is -2.12. The van der Waals surface area contributed by atoms with Crippen molar-refractivity contribution in [2.75, 3.05) is 11.1 Å². The quantitative estimate of drug-likeness (QED) is 0.832. The van der Waals surface area contributed by atoms with Crippen molar-refractivity contribution in [1.29, 1.82) is 0 Å². The standard InChI is InChI=1S/C12H10F4N4/c1-6-3-2-4-7(13)10(6)19-9-5-8(17)18-11(20-9)12(14,15)16/h2-5H,1H3,(H3,17,18,19,20). The molecule has 0 radical (unpaired) electrons. The SMILES string of the molecule is Cc1cccc(F)c1Nc1cc(N)nc(C(F)(F)F)n1. The van der Waals surface area contributed by atoms with Crippen molar-refractivity contribution in [3.05, 3.63) is 41.5 Å². The number of nitrogens with zero attached hydrogens (tertiary/aromatic N) is 2. The van der Waals surface area contributed by atoms with Crippen LogP contribution >= 0.6 is 0 Å². The van der Waals surface area contributed by atoms with E-state index in [2.05, 4.69) is 15.3 Å². The van der Waals surface area contributed by atoms with Crippen LogP contribution in [0.25, 0.3) is 0 Å². The van der Waals surface area contributed by atoms with Gasteiger partial charge in [0.25, 0.3) is 0 Å². The molecule has 4 nitrogen and oxygen atoms in total. The zero-order valence-corrected chi connectivity index (χ0v) is 10.3. The maximum absolute atomic E-state index is 13.6. The zero-order chi connectivity index (χ0) is 14.9. The van der Waals surface area contributed by atoms with Gasteiger partial charge in [-0.1, -0.05) is 12.1 Å². The number of aryl methyl sites for hydroxylation is 1. The number of hydrogen-bond acceptors (Lipinski definition) is 4.